The summed E-state index contributed by atoms with van der Waals surface area (Å²) in [7, 11) is 0. The molecule has 0 unspecified atom stereocenters. The molecule has 0 aromatic heterocycles. The highest BCUT2D eigenvalue weighted by atomic mass is 16.6. The number of carbonyl (C=O) groups is 2. The van der Waals surface area contributed by atoms with Gasteiger partial charge in [0.25, 0.3) is 5.91 Å². The Balaban J connectivity index is 1.72. The van der Waals surface area contributed by atoms with E-state index in [9.17, 15) is 9.59 Å². The van der Waals surface area contributed by atoms with Gasteiger partial charge < -0.3 is 19.3 Å². The van der Waals surface area contributed by atoms with Crippen LogP contribution in [0.4, 0.5) is 16.2 Å². The summed E-state index contributed by atoms with van der Waals surface area (Å²) < 4.78 is 10.8. The van der Waals surface area contributed by atoms with Gasteiger partial charge in [0.05, 0.1) is 5.69 Å². The van der Waals surface area contributed by atoms with E-state index in [2.05, 4.69) is 10.2 Å². The monoisotopic (exact) mass is 361 g/mol. The number of hydrogen-bond donors (Lipinski definition) is 1. The number of nitrogens with zero attached hydrogens (tertiary/aromatic N) is 2. The van der Waals surface area contributed by atoms with E-state index in [-0.39, 0.29) is 12.5 Å². The lowest BCUT2D eigenvalue weighted by atomic mass is 10.2. The van der Waals surface area contributed by atoms with Crippen molar-refractivity contribution in [1.29, 1.82) is 0 Å². The molecule has 2 aliphatic rings. The molecule has 142 valence electrons. The molecule has 0 radical (unpaired) electrons. The highest BCUT2D eigenvalue weighted by molar-refractivity contribution is 5.99. The third-order valence-corrected chi connectivity index (χ3v) is 4.39. The van der Waals surface area contributed by atoms with Gasteiger partial charge in [-0.05, 0) is 64.9 Å². The van der Waals surface area contributed by atoms with Gasteiger partial charge in [0.2, 0.25) is 0 Å². The van der Waals surface area contributed by atoms with Crippen LogP contribution in [0, 0.1) is 0 Å². The molecule has 2 heterocycles. The highest BCUT2D eigenvalue weighted by Crippen LogP contribution is 2.34. The van der Waals surface area contributed by atoms with E-state index < -0.39 is 11.7 Å². The molecule has 0 aliphatic carbocycles. The van der Waals surface area contributed by atoms with E-state index >= 15 is 0 Å². The molecule has 1 saturated heterocycles. The summed E-state index contributed by atoms with van der Waals surface area (Å²) in [6, 6.07) is 5.29. The van der Waals surface area contributed by atoms with Crippen molar-refractivity contribution in [2.45, 2.75) is 39.2 Å². The summed E-state index contributed by atoms with van der Waals surface area (Å²) in [6.45, 7) is 9.12. The average molecular weight is 361 g/mol. The summed E-state index contributed by atoms with van der Waals surface area (Å²) in [5.74, 6) is 0.590. The van der Waals surface area contributed by atoms with Crippen molar-refractivity contribution in [2.24, 2.45) is 0 Å². The molecule has 7 nitrogen and oxygen atoms in total. The van der Waals surface area contributed by atoms with Gasteiger partial charge in [0, 0.05) is 18.8 Å². The molecule has 0 spiro atoms. The zero-order valence-corrected chi connectivity index (χ0v) is 15.7. The second-order valence-corrected chi connectivity index (χ2v) is 7.69. The number of carbonyl (C=O) groups excluding carboxylic acids is 2. The fourth-order valence-electron chi connectivity index (χ4n) is 3.19. The number of anilines is 2. The maximum absolute atomic E-state index is 12.4. The third-order valence-electron chi connectivity index (χ3n) is 4.39. The average Bonchev–Trinajstić information content (AvgIpc) is 3.05. The molecule has 2 aliphatic heterocycles. The molecule has 2 amide bonds. The quantitative estimate of drug-likeness (QED) is 0.893. The van der Waals surface area contributed by atoms with Gasteiger partial charge in [-0.3, -0.25) is 10.1 Å². The van der Waals surface area contributed by atoms with E-state index in [4.69, 9.17) is 9.47 Å². The summed E-state index contributed by atoms with van der Waals surface area (Å²) >= 11 is 0. The fourth-order valence-corrected chi connectivity index (χ4v) is 3.19. The molecule has 1 aromatic rings. The van der Waals surface area contributed by atoms with Crippen LogP contribution in [0.5, 0.6) is 5.75 Å². The topological polar surface area (TPSA) is 71.1 Å². The number of hydrogen-bond acceptors (Lipinski definition) is 5. The Hall–Kier alpha value is -2.28. The first-order chi connectivity index (χ1) is 12.3. The SMILES string of the molecule is CC(C)(C)OC(=O)Nc1ccc2c(c1)N(CCN1CCCC1)C(=O)CO2. The zero-order chi connectivity index (χ0) is 18.7. The van der Waals surface area contributed by atoms with Crippen molar-refractivity contribution in [1.82, 2.24) is 4.90 Å². The van der Waals surface area contributed by atoms with E-state index in [1.807, 2.05) is 20.8 Å². The van der Waals surface area contributed by atoms with Gasteiger partial charge in [-0.1, -0.05) is 0 Å². The molecule has 26 heavy (non-hydrogen) atoms. The Bertz CT molecular complexity index is 678. The number of fused-ring (bicyclic) bond motifs is 1. The van der Waals surface area contributed by atoms with Crippen LogP contribution in [0.15, 0.2) is 18.2 Å². The molecular formula is C19H27N3O4. The normalized spacial score (nSPS) is 17.7. The van der Waals surface area contributed by atoms with Crippen molar-refractivity contribution in [2.75, 3.05) is 43.0 Å². The van der Waals surface area contributed by atoms with Crippen LogP contribution < -0.4 is 15.0 Å². The summed E-state index contributed by atoms with van der Waals surface area (Å²) in [5, 5.41) is 2.72. The van der Waals surface area contributed by atoms with Crippen LogP contribution in [-0.4, -0.2) is 55.3 Å². The number of rotatable bonds is 4. The lowest BCUT2D eigenvalue weighted by molar-refractivity contribution is -0.121. The van der Waals surface area contributed by atoms with E-state index in [0.717, 1.165) is 19.6 Å². The summed E-state index contributed by atoms with van der Waals surface area (Å²) in [6.07, 6.45) is 1.92. The molecule has 1 fully saturated rings. The second kappa shape index (κ2) is 7.53. The summed E-state index contributed by atoms with van der Waals surface area (Å²) in [5.41, 5.74) is 0.690. The molecule has 7 heteroatoms. The zero-order valence-electron chi connectivity index (χ0n) is 15.7. The van der Waals surface area contributed by atoms with Crippen molar-refractivity contribution in [3.63, 3.8) is 0 Å². The lowest BCUT2D eigenvalue weighted by Crippen LogP contribution is -2.43. The first-order valence-corrected chi connectivity index (χ1v) is 9.11. The van der Waals surface area contributed by atoms with Crippen LogP contribution in [0.1, 0.15) is 33.6 Å². The first-order valence-electron chi connectivity index (χ1n) is 9.11. The van der Waals surface area contributed by atoms with Crippen LogP contribution in [-0.2, 0) is 9.53 Å². The van der Waals surface area contributed by atoms with Crippen LogP contribution in [0.25, 0.3) is 0 Å². The van der Waals surface area contributed by atoms with Crippen molar-refractivity contribution in [3.05, 3.63) is 18.2 Å². The minimum Gasteiger partial charge on any atom is -0.482 e. The summed E-state index contributed by atoms with van der Waals surface area (Å²) in [4.78, 5) is 28.5. The van der Waals surface area contributed by atoms with Crippen LogP contribution in [0.3, 0.4) is 0 Å². The van der Waals surface area contributed by atoms with Gasteiger partial charge in [-0.15, -0.1) is 0 Å². The molecule has 3 rings (SSSR count). The van der Waals surface area contributed by atoms with Crippen molar-refractivity contribution >= 4 is 23.4 Å². The number of likely N-dealkylation sites (tertiary alicyclic amines) is 1. The van der Waals surface area contributed by atoms with Gasteiger partial charge in [0.15, 0.2) is 6.61 Å². The lowest BCUT2D eigenvalue weighted by Gasteiger charge is -2.31. The molecule has 0 atom stereocenters. The Morgan fingerprint density at radius 2 is 1.96 bits per heavy atom. The number of ether oxygens (including phenoxy) is 2. The van der Waals surface area contributed by atoms with Crippen molar-refractivity contribution < 1.29 is 19.1 Å². The maximum Gasteiger partial charge on any atom is 0.412 e. The number of nitrogens with one attached hydrogen (secondary N) is 1. The minimum atomic E-state index is -0.570. The van der Waals surface area contributed by atoms with E-state index in [0.29, 0.717) is 23.7 Å². The third kappa shape index (κ3) is 4.66. The molecule has 1 aromatic carbocycles. The van der Waals surface area contributed by atoms with Gasteiger partial charge in [-0.25, -0.2) is 4.79 Å². The second-order valence-electron chi connectivity index (χ2n) is 7.69. The van der Waals surface area contributed by atoms with Gasteiger partial charge >= 0.3 is 6.09 Å². The van der Waals surface area contributed by atoms with Gasteiger partial charge in [-0.2, -0.15) is 0 Å². The Labute approximate surface area is 154 Å². The van der Waals surface area contributed by atoms with E-state index in [1.54, 1.807) is 23.1 Å². The maximum atomic E-state index is 12.4. The number of amides is 2. The first kappa shape index (κ1) is 18.5. The Morgan fingerprint density at radius 3 is 2.65 bits per heavy atom. The number of benzene rings is 1. The smallest absolute Gasteiger partial charge is 0.412 e. The molecule has 1 N–H and O–H groups in total. The molecule has 0 bridgehead atoms. The predicted octanol–water partition coefficient (Wildman–Crippen LogP) is 2.85. The highest BCUT2D eigenvalue weighted by Gasteiger charge is 2.27. The standard InChI is InChI=1S/C19H27N3O4/c1-19(2,3)26-18(24)20-14-6-7-16-15(12-14)22(17(23)13-25-16)11-10-21-8-4-5-9-21/h6-7,12H,4-5,8-11,13H2,1-3H3,(H,20,24). The van der Waals surface area contributed by atoms with Crippen LogP contribution in [0.2, 0.25) is 0 Å². The molecule has 0 saturated carbocycles. The Morgan fingerprint density at radius 1 is 1.23 bits per heavy atom. The largest absolute Gasteiger partial charge is 0.482 e. The van der Waals surface area contributed by atoms with Crippen LogP contribution >= 0.6 is 0 Å². The predicted molar refractivity (Wildman–Crippen MR) is 99.8 cm³/mol. The fraction of sp³-hybridized carbons (Fsp3) is 0.579. The minimum absolute atomic E-state index is 0.0475. The van der Waals surface area contributed by atoms with E-state index in [1.165, 1.54) is 12.8 Å². The van der Waals surface area contributed by atoms with Gasteiger partial charge in [0.1, 0.15) is 11.4 Å². The van der Waals surface area contributed by atoms with Crippen molar-refractivity contribution in [3.8, 4) is 5.75 Å². The molecular weight excluding hydrogens is 334 g/mol. The Kier molecular flexibility index (Phi) is 5.36.